The molecule has 0 amide bonds. The van der Waals surface area contributed by atoms with Crippen LogP contribution in [0.2, 0.25) is 0 Å². The van der Waals surface area contributed by atoms with Crippen LogP contribution in [0.1, 0.15) is 39.5 Å². The van der Waals surface area contributed by atoms with E-state index in [1.54, 1.807) is 7.11 Å². The fourth-order valence-corrected chi connectivity index (χ4v) is 1.89. The molecular weight excluding hydrogens is 178 g/mol. The summed E-state index contributed by atoms with van der Waals surface area (Å²) in [6, 6.07) is 0. The molecule has 0 atom stereocenters. The molecule has 2 N–H and O–H groups in total. The Balaban J connectivity index is 4.03. The molecule has 3 heteroatoms. The maximum Gasteiger partial charge on any atom is 0.0613 e. The van der Waals surface area contributed by atoms with Gasteiger partial charge in [-0.15, -0.1) is 0 Å². The van der Waals surface area contributed by atoms with Gasteiger partial charge in [-0.05, 0) is 12.8 Å². The summed E-state index contributed by atoms with van der Waals surface area (Å²) in [6.07, 6.45) is 4.25. The van der Waals surface area contributed by atoms with Crippen molar-refractivity contribution < 1.29 is 9.84 Å². The number of ether oxygens (including phenoxy) is 1. The molecule has 3 nitrogen and oxygen atoms in total. The normalized spacial score (nSPS) is 12.0. The van der Waals surface area contributed by atoms with Crippen LogP contribution in [0.3, 0.4) is 0 Å². The minimum atomic E-state index is -0.0813. The van der Waals surface area contributed by atoms with E-state index >= 15 is 0 Å². The van der Waals surface area contributed by atoms with E-state index in [4.69, 9.17) is 4.74 Å². The predicted octanol–water partition coefficient (Wildman–Crippen LogP) is 1.55. The van der Waals surface area contributed by atoms with Gasteiger partial charge in [-0.1, -0.05) is 26.7 Å². The van der Waals surface area contributed by atoms with Crippen molar-refractivity contribution in [2.24, 2.45) is 0 Å². The zero-order chi connectivity index (χ0) is 10.9. The first-order valence-corrected chi connectivity index (χ1v) is 5.59. The highest BCUT2D eigenvalue weighted by molar-refractivity contribution is 4.86. The molecule has 0 aliphatic carbocycles. The Hall–Kier alpha value is -0.120. The molecule has 0 saturated heterocycles. The molecule has 14 heavy (non-hydrogen) atoms. The van der Waals surface area contributed by atoms with Crippen molar-refractivity contribution in [2.45, 2.75) is 45.1 Å². The van der Waals surface area contributed by atoms with E-state index in [0.29, 0.717) is 6.61 Å². The summed E-state index contributed by atoms with van der Waals surface area (Å²) in [5.41, 5.74) is -0.0813. The van der Waals surface area contributed by atoms with Crippen LogP contribution in [0, 0.1) is 0 Å². The number of aliphatic hydroxyl groups excluding tert-OH is 1. The Morgan fingerprint density at radius 1 is 1.21 bits per heavy atom. The summed E-state index contributed by atoms with van der Waals surface area (Å²) in [4.78, 5) is 0. The zero-order valence-corrected chi connectivity index (χ0v) is 9.81. The summed E-state index contributed by atoms with van der Waals surface area (Å²) >= 11 is 0. The molecule has 0 fully saturated rings. The molecule has 0 heterocycles. The van der Waals surface area contributed by atoms with Crippen molar-refractivity contribution >= 4 is 0 Å². The monoisotopic (exact) mass is 203 g/mol. The molecule has 0 aromatic carbocycles. The highest BCUT2D eigenvalue weighted by Gasteiger charge is 2.26. The average molecular weight is 203 g/mol. The molecule has 0 unspecified atom stereocenters. The average Bonchev–Trinajstić information content (AvgIpc) is 2.19. The largest absolute Gasteiger partial charge is 0.394 e. The van der Waals surface area contributed by atoms with E-state index in [1.807, 2.05) is 0 Å². The minimum Gasteiger partial charge on any atom is -0.394 e. The van der Waals surface area contributed by atoms with Gasteiger partial charge in [-0.2, -0.15) is 0 Å². The Morgan fingerprint density at radius 2 is 1.79 bits per heavy atom. The van der Waals surface area contributed by atoms with E-state index in [9.17, 15) is 5.11 Å². The van der Waals surface area contributed by atoms with E-state index in [1.165, 1.54) is 0 Å². The molecule has 0 aliphatic rings. The lowest BCUT2D eigenvalue weighted by Gasteiger charge is -2.32. The molecule has 0 saturated carbocycles. The summed E-state index contributed by atoms with van der Waals surface area (Å²) in [5, 5.41) is 12.8. The lowest BCUT2D eigenvalue weighted by molar-refractivity contribution is 0.122. The van der Waals surface area contributed by atoms with E-state index in [2.05, 4.69) is 19.2 Å². The molecule has 0 aliphatic heterocycles. The Bertz CT molecular complexity index is 122. The number of rotatable bonds is 9. The van der Waals surface area contributed by atoms with Gasteiger partial charge in [0.05, 0.1) is 13.2 Å². The summed E-state index contributed by atoms with van der Waals surface area (Å²) < 4.78 is 4.99. The second kappa shape index (κ2) is 8.21. The summed E-state index contributed by atoms with van der Waals surface area (Å²) in [6.45, 7) is 6.04. The molecule has 0 rings (SSSR count). The number of hydrogen-bond acceptors (Lipinski definition) is 3. The lowest BCUT2D eigenvalue weighted by atomic mass is 9.89. The molecule has 0 radical (unpaired) electrons. The second-order valence-electron chi connectivity index (χ2n) is 3.86. The first-order chi connectivity index (χ1) is 6.74. The lowest BCUT2D eigenvalue weighted by Crippen LogP contribution is -2.49. The predicted molar refractivity (Wildman–Crippen MR) is 59.5 cm³/mol. The van der Waals surface area contributed by atoms with Crippen molar-refractivity contribution in [3.8, 4) is 0 Å². The molecule has 0 spiro atoms. The fraction of sp³-hybridized carbons (Fsp3) is 1.00. The van der Waals surface area contributed by atoms with Crippen LogP contribution < -0.4 is 5.32 Å². The van der Waals surface area contributed by atoms with Crippen LogP contribution in [0.5, 0.6) is 0 Å². The van der Waals surface area contributed by atoms with Crippen molar-refractivity contribution in [3.63, 3.8) is 0 Å². The van der Waals surface area contributed by atoms with Crippen LogP contribution in [0.15, 0.2) is 0 Å². The van der Waals surface area contributed by atoms with Crippen LogP contribution in [-0.2, 0) is 4.74 Å². The molecule has 0 bridgehead atoms. The summed E-state index contributed by atoms with van der Waals surface area (Å²) in [5.74, 6) is 0. The van der Waals surface area contributed by atoms with E-state index in [-0.39, 0.29) is 12.1 Å². The number of methoxy groups -OCH3 is 1. The van der Waals surface area contributed by atoms with Gasteiger partial charge < -0.3 is 15.2 Å². The van der Waals surface area contributed by atoms with Gasteiger partial charge in [0.15, 0.2) is 0 Å². The molecule has 0 aromatic rings. The first-order valence-electron chi connectivity index (χ1n) is 5.59. The number of aliphatic hydroxyl groups is 1. The standard InChI is InChI=1S/C11H25NO2/c1-4-6-11(10-13,7-5-2)12-8-9-14-3/h12-13H,4-10H2,1-3H3. The van der Waals surface area contributed by atoms with Gasteiger partial charge >= 0.3 is 0 Å². The fourth-order valence-electron chi connectivity index (χ4n) is 1.89. The van der Waals surface area contributed by atoms with Gasteiger partial charge in [0, 0.05) is 19.2 Å². The third kappa shape index (κ3) is 4.94. The zero-order valence-electron chi connectivity index (χ0n) is 9.81. The highest BCUT2D eigenvalue weighted by atomic mass is 16.5. The first kappa shape index (κ1) is 13.9. The van der Waals surface area contributed by atoms with Crippen molar-refractivity contribution in [1.29, 1.82) is 0 Å². The smallest absolute Gasteiger partial charge is 0.0613 e. The van der Waals surface area contributed by atoms with Gasteiger partial charge in [-0.3, -0.25) is 0 Å². The van der Waals surface area contributed by atoms with Crippen molar-refractivity contribution in [1.82, 2.24) is 5.32 Å². The minimum absolute atomic E-state index is 0.0813. The SMILES string of the molecule is CCCC(CO)(CCC)NCCOC. The van der Waals surface area contributed by atoms with Gasteiger partial charge in [0.2, 0.25) is 0 Å². The van der Waals surface area contributed by atoms with Crippen molar-refractivity contribution in [3.05, 3.63) is 0 Å². The third-order valence-corrected chi connectivity index (χ3v) is 2.57. The van der Waals surface area contributed by atoms with Gasteiger partial charge in [0.1, 0.15) is 0 Å². The molecule has 86 valence electrons. The van der Waals surface area contributed by atoms with Crippen LogP contribution in [0.25, 0.3) is 0 Å². The molecular formula is C11H25NO2. The van der Waals surface area contributed by atoms with Crippen LogP contribution >= 0.6 is 0 Å². The maximum absolute atomic E-state index is 9.43. The van der Waals surface area contributed by atoms with Gasteiger partial charge in [-0.25, -0.2) is 0 Å². The number of nitrogens with one attached hydrogen (secondary N) is 1. The van der Waals surface area contributed by atoms with E-state index < -0.39 is 0 Å². The van der Waals surface area contributed by atoms with Crippen LogP contribution in [-0.4, -0.2) is 37.5 Å². The van der Waals surface area contributed by atoms with Crippen LogP contribution in [0.4, 0.5) is 0 Å². The van der Waals surface area contributed by atoms with E-state index in [0.717, 1.165) is 32.2 Å². The third-order valence-electron chi connectivity index (χ3n) is 2.57. The van der Waals surface area contributed by atoms with Gasteiger partial charge in [0.25, 0.3) is 0 Å². The topological polar surface area (TPSA) is 41.5 Å². The Morgan fingerprint density at radius 3 is 2.14 bits per heavy atom. The molecule has 0 aromatic heterocycles. The number of hydrogen-bond donors (Lipinski definition) is 2. The summed E-state index contributed by atoms with van der Waals surface area (Å²) in [7, 11) is 1.70. The Labute approximate surface area is 87.8 Å². The Kier molecular flexibility index (Phi) is 8.14. The highest BCUT2D eigenvalue weighted by Crippen LogP contribution is 2.18. The maximum atomic E-state index is 9.43. The quantitative estimate of drug-likeness (QED) is 0.559. The second-order valence-corrected chi connectivity index (χ2v) is 3.86. The van der Waals surface area contributed by atoms with Crippen molar-refractivity contribution in [2.75, 3.05) is 26.9 Å².